The lowest BCUT2D eigenvalue weighted by Crippen LogP contribution is -2.48. The number of rotatable bonds is 7. The van der Waals surface area contributed by atoms with Crippen molar-refractivity contribution in [3.8, 4) is 0 Å². The monoisotopic (exact) mass is 483 g/mol. The van der Waals surface area contributed by atoms with Crippen molar-refractivity contribution in [1.82, 2.24) is 15.1 Å². The lowest BCUT2D eigenvalue weighted by atomic mass is 10.1. The van der Waals surface area contributed by atoms with Crippen molar-refractivity contribution >= 4 is 35.0 Å². The Labute approximate surface area is 201 Å². The van der Waals surface area contributed by atoms with E-state index in [-0.39, 0.29) is 23.5 Å². The highest BCUT2D eigenvalue weighted by molar-refractivity contribution is 7.99. The summed E-state index contributed by atoms with van der Waals surface area (Å²) in [7, 11) is 0. The molecule has 0 saturated carbocycles. The molecule has 1 N–H and O–H groups in total. The number of thioether (sulfide) groups is 1. The van der Waals surface area contributed by atoms with Gasteiger partial charge in [0.05, 0.1) is 5.75 Å². The number of amides is 2. The number of hydrogen-bond donors (Lipinski definition) is 1. The second-order valence-electron chi connectivity index (χ2n) is 8.23. The first-order chi connectivity index (χ1) is 16.4. The van der Waals surface area contributed by atoms with Crippen LogP contribution in [0.2, 0.25) is 0 Å². The minimum atomic E-state index is -0.412. The number of anilines is 2. The van der Waals surface area contributed by atoms with Crippen LogP contribution in [0.5, 0.6) is 0 Å². The van der Waals surface area contributed by atoms with E-state index in [1.165, 1.54) is 23.9 Å². The number of carbonyl (C=O) groups excluding carboxylic acids is 2. The second kappa shape index (κ2) is 10.7. The Balaban J connectivity index is 1.25. The van der Waals surface area contributed by atoms with Crippen LogP contribution < -0.4 is 10.2 Å². The molecular weight excluding hydrogens is 457 g/mol. The third-order valence-corrected chi connectivity index (χ3v) is 6.22. The third-order valence-electron chi connectivity index (χ3n) is 5.40. The van der Waals surface area contributed by atoms with Gasteiger partial charge in [-0.15, -0.1) is 10.2 Å². The van der Waals surface area contributed by atoms with E-state index in [1.807, 2.05) is 38.1 Å². The zero-order valence-corrected chi connectivity index (χ0v) is 19.8. The van der Waals surface area contributed by atoms with Crippen molar-refractivity contribution in [3.63, 3.8) is 0 Å². The van der Waals surface area contributed by atoms with Gasteiger partial charge in [-0.05, 0) is 42.5 Å². The van der Waals surface area contributed by atoms with Crippen molar-refractivity contribution in [2.24, 2.45) is 0 Å². The molecule has 1 saturated heterocycles. The minimum Gasteiger partial charge on any atom is -0.416 e. The van der Waals surface area contributed by atoms with Crippen LogP contribution in [0.25, 0.3) is 0 Å². The summed E-state index contributed by atoms with van der Waals surface area (Å²) >= 11 is 1.20. The van der Waals surface area contributed by atoms with Crippen LogP contribution in [0.4, 0.5) is 15.8 Å². The standard InChI is InChI=1S/C24H26FN5O3S/c1-16(2)22-27-28-24(33-22)34-15-21(31)26-19-6-8-20(9-7-19)29-10-12-30(13-11-29)23(32)17-4-3-5-18(25)14-17/h3-9,14,16H,10-13,15H2,1-2H3,(H,26,31). The van der Waals surface area contributed by atoms with E-state index in [9.17, 15) is 14.0 Å². The predicted molar refractivity (Wildman–Crippen MR) is 129 cm³/mol. The summed E-state index contributed by atoms with van der Waals surface area (Å²) in [5, 5.41) is 11.1. The number of carbonyl (C=O) groups is 2. The first kappa shape index (κ1) is 23.7. The van der Waals surface area contributed by atoms with Crippen LogP contribution in [0.3, 0.4) is 0 Å². The van der Waals surface area contributed by atoms with E-state index in [1.54, 1.807) is 17.0 Å². The zero-order chi connectivity index (χ0) is 24.1. The summed E-state index contributed by atoms with van der Waals surface area (Å²) in [5.74, 6) is 0.138. The molecule has 1 fully saturated rings. The maximum atomic E-state index is 13.4. The summed E-state index contributed by atoms with van der Waals surface area (Å²) in [5.41, 5.74) is 2.08. The van der Waals surface area contributed by atoms with Gasteiger partial charge in [0, 0.05) is 49.0 Å². The Hall–Kier alpha value is -3.40. The van der Waals surface area contributed by atoms with Gasteiger partial charge in [0.1, 0.15) is 5.82 Å². The summed E-state index contributed by atoms with van der Waals surface area (Å²) in [4.78, 5) is 28.8. The summed E-state index contributed by atoms with van der Waals surface area (Å²) < 4.78 is 18.9. The quantitative estimate of drug-likeness (QED) is 0.508. The molecule has 0 spiro atoms. The van der Waals surface area contributed by atoms with Crippen LogP contribution >= 0.6 is 11.8 Å². The van der Waals surface area contributed by atoms with E-state index in [0.717, 1.165) is 5.69 Å². The van der Waals surface area contributed by atoms with Gasteiger partial charge in [0.2, 0.25) is 11.8 Å². The summed E-state index contributed by atoms with van der Waals surface area (Å²) in [6, 6.07) is 13.4. The highest BCUT2D eigenvalue weighted by Gasteiger charge is 2.22. The number of nitrogens with one attached hydrogen (secondary N) is 1. The molecule has 0 radical (unpaired) electrons. The lowest BCUT2D eigenvalue weighted by molar-refractivity contribution is -0.113. The lowest BCUT2D eigenvalue weighted by Gasteiger charge is -2.36. The van der Waals surface area contributed by atoms with Crippen molar-refractivity contribution in [2.45, 2.75) is 25.0 Å². The van der Waals surface area contributed by atoms with Gasteiger partial charge >= 0.3 is 0 Å². The maximum absolute atomic E-state index is 13.4. The SMILES string of the molecule is CC(C)c1nnc(SCC(=O)Nc2ccc(N3CCN(C(=O)c4cccc(F)c4)CC3)cc2)o1. The Bertz CT molecular complexity index is 1140. The van der Waals surface area contributed by atoms with Gasteiger partial charge in [-0.3, -0.25) is 9.59 Å². The van der Waals surface area contributed by atoms with Gasteiger partial charge in [-0.2, -0.15) is 0 Å². The Kier molecular flexibility index (Phi) is 7.46. The van der Waals surface area contributed by atoms with Crippen molar-refractivity contribution in [3.05, 3.63) is 65.8 Å². The smallest absolute Gasteiger partial charge is 0.277 e. The zero-order valence-electron chi connectivity index (χ0n) is 19.0. The van der Waals surface area contributed by atoms with E-state index < -0.39 is 5.82 Å². The Morgan fingerprint density at radius 1 is 1.09 bits per heavy atom. The van der Waals surface area contributed by atoms with Gasteiger partial charge < -0.3 is 19.5 Å². The number of piperazine rings is 1. The molecule has 2 amide bonds. The van der Waals surface area contributed by atoms with Crippen LogP contribution in [0.1, 0.15) is 36.0 Å². The topological polar surface area (TPSA) is 91.6 Å². The number of nitrogens with zero attached hydrogens (tertiary/aromatic N) is 4. The van der Waals surface area contributed by atoms with E-state index in [0.29, 0.717) is 48.5 Å². The number of aromatic nitrogens is 2. The van der Waals surface area contributed by atoms with Crippen molar-refractivity contribution in [1.29, 1.82) is 0 Å². The molecule has 0 atom stereocenters. The molecule has 1 aromatic heterocycles. The first-order valence-corrected chi connectivity index (χ1v) is 12.0. The number of hydrogen-bond acceptors (Lipinski definition) is 7. The highest BCUT2D eigenvalue weighted by atomic mass is 32.2. The van der Waals surface area contributed by atoms with Crippen LogP contribution in [-0.2, 0) is 4.79 Å². The molecule has 3 aromatic rings. The van der Waals surface area contributed by atoms with Crippen LogP contribution in [0.15, 0.2) is 58.2 Å². The van der Waals surface area contributed by atoms with Gasteiger partial charge in [-0.1, -0.05) is 31.7 Å². The molecule has 10 heteroatoms. The molecule has 0 unspecified atom stereocenters. The van der Waals surface area contributed by atoms with E-state index in [2.05, 4.69) is 20.4 Å². The summed E-state index contributed by atoms with van der Waals surface area (Å²) in [6.45, 7) is 6.38. The van der Waals surface area contributed by atoms with Gasteiger partial charge in [0.25, 0.3) is 11.1 Å². The molecule has 34 heavy (non-hydrogen) atoms. The first-order valence-electron chi connectivity index (χ1n) is 11.0. The Morgan fingerprint density at radius 3 is 2.47 bits per heavy atom. The second-order valence-corrected chi connectivity index (χ2v) is 9.16. The molecule has 0 bridgehead atoms. The normalized spacial score (nSPS) is 13.9. The Morgan fingerprint density at radius 2 is 1.82 bits per heavy atom. The molecular formula is C24H26FN5O3S. The van der Waals surface area contributed by atoms with Crippen molar-refractivity contribution < 1.29 is 18.4 Å². The average Bonchev–Trinajstić information content (AvgIpc) is 3.33. The predicted octanol–water partition coefficient (Wildman–Crippen LogP) is 4.03. The molecule has 4 rings (SSSR count). The molecule has 2 heterocycles. The average molecular weight is 484 g/mol. The summed E-state index contributed by atoms with van der Waals surface area (Å²) in [6.07, 6.45) is 0. The molecule has 0 aliphatic carbocycles. The fourth-order valence-corrected chi connectivity index (χ4v) is 4.13. The van der Waals surface area contributed by atoms with E-state index >= 15 is 0 Å². The maximum Gasteiger partial charge on any atom is 0.277 e. The molecule has 2 aromatic carbocycles. The largest absolute Gasteiger partial charge is 0.416 e. The van der Waals surface area contributed by atoms with Crippen molar-refractivity contribution in [2.75, 3.05) is 42.1 Å². The molecule has 1 aliphatic rings. The van der Waals surface area contributed by atoms with Gasteiger partial charge in [0.15, 0.2) is 0 Å². The highest BCUT2D eigenvalue weighted by Crippen LogP contribution is 2.22. The molecule has 1 aliphatic heterocycles. The molecule has 178 valence electrons. The number of halogens is 1. The fourth-order valence-electron chi connectivity index (χ4n) is 3.56. The third kappa shape index (κ3) is 5.93. The fraction of sp³-hybridized carbons (Fsp3) is 0.333. The number of benzene rings is 2. The van der Waals surface area contributed by atoms with Crippen LogP contribution in [-0.4, -0.2) is 58.8 Å². The van der Waals surface area contributed by atoms with E-state index in [4.69, 9.17) is 4.42 Å². The minimum absolute atomic E-state index is 0.145. The van der Waals surface area contributed by atoms with Crippen LogP contribution in [0, 0.1) is 5.82 Å². The van der Waals surface area contributed by atoms with Gasteiger partial charge in [-0.25, -0.2) is 4.39 Å². The molecule has 8 nitrogen and oxygen atoms in total.